The summed E-state index contributed by atoms with van der Waals surface area (Å²) in [5, 5.41) is 38.4. The molecule has 7 N–H and O–H groups in total. The number of ether oxygens (including phenoxy) is 1. The summed E-state index contributed by atoms with van der Waals surface area (Å²) >= 11 is 1.11. The van der Waals surface area contributed by atoms with Crippen molar-refractivity contribution >= 4 is 74.9 Å². The minimum Gasteiger partial charge on any atom is -0.790 e. The summed E-state index contributed by atoms with van der Waals surface area (Å²) in [7, 11) is -17.7. The van der Waals surface area contributed by atoms with E-state index in [1.165, 1.54) is 19.4 Å². The highest BCUT2D eigenvalue weighted by Crippen LogP contribution is 2.68. The highest BCUT2D eigenvalue weighted by atomic mass is 32.2. The van der Waals surface area contributed by atoms with Crippen LogP contribution in [0.1, 0.15) is 105 Å². The Bertz CT molecular complexity index is 2640. The fraction of sp³-hybridized carbons (Fsp3) is 0.756. The van der Waals surface area contributed by atoms with E-state index in [0.29, 0.717) is 42.8 Å². The van der Waals surface area contributed by atoms with Gasteiger partial charge in [-0.25, -0.2) is 19.3 Å². The van der Waals surface area contributed by atoms with Crippen molar-refractivity contribution < 1.29 is 90.4 Å². The number of nitrogens with zero attached hydrogens (tertiary/aromatic N) is 4. The molecule has 3 saturated carbocycles. The Hall–Kier alpha value is -3.07. The molecule has 420 valence electrons. The zero-order valence-corrected chi connectivity index (χ0v) is 45.7. The van der Waals surface area contributed by atoms with Crippen LogP contribution in [-0.2, 0) is 55.5 Å². The number of nitrogens with two attached hydrogens (primary N) is 1. The molecule has 2 unspecified atom stereocenters. The number of thioether (sulfide) groups is 1. The first-order valence-electron chi connectivity index (χ1n) is 24.9. The van der Waals surface area contributed by atoms with Crippen LogP contribution >= 0.6 is 35.2 Å². The van der Waals surface area contributed by atoms with Crippen LogP contribution in [0.15, 0.2) is 24.3 Å². The summed E-state index contributed by atoms with van der Waals surface area (Å²) in [6, 6.07) is 0. The number of carbonyl (C=O) groups is 4. The molecular weight excluding hydrogens is 1070 g/mol. The minimum atomic E-state index is -5.94. The van der Waals surface area contributed by atoms with Crippen molar-refractivity contribution in [2.75, 3.05) is 37.8 Å². The standard InChI is InChI=1S/C45H70N7O19P3S/c1-24(28-9-10-29-27-8-7-25-18-26(53)12-14-44(25,4)30(27)19-32(54)45(28,29)5)6-11-34(56)75-17-16-47-33(55)13-15-48-41(59)38(58)43(2,3)21-68-74(65,66)71-73(63,64)67-20-31-37(70-72(60,61)62)36(57)42(69-31)52-23-51-35-39(46)49-22-50-40(35)52/h18,22-24,27-32,36-38,42,54,57-58H,6-17,19-21H2,1-5H3,(H,47,55)(H,48,59)(H,63,64)(H,65,66)(H2,46,49,50)(H2,60,61,62)/p-4/t24-,27+,28-,29+,30+,31-,32+,36-,37-,38+,42-,44+,45-/m1/s1. The molecule has 26 nitrogen and oxygen atoms in total. The third-order valence-corrected chi connectivity index (χ3v) is 20.3. The summed E-state index contributed by atoms with van der Waals surface area (Å²) in [5.74, 6) is 0.726. The lowest BCUT2D eigenvalue weighted by atomic mass is 9.45. The molecule has 1 saturated heterocycles. The molecule has 1 aliphatic heterocycles. The van der Waals surface area contributed by atoms with Gasteiger partial charge in [0.05, 0.1) is 33.5 Å². The van der Waals surface area contributed by atoms with E-state index in [-0.39, 0.29) is 70.1 Å². The summed E-state index contributed by atoms with van der Waals surface area (Å²) in [5.41, 5.74) is 5.05. The second-order valence-corrected chi connectivity index (χ2v) is 26.7. The maximum absolute atomic E-state index is 12.9. The number of rotatable bonds is 23. The Morgan fingerprint density at radius 3 is 2.44 bits per heavy atom. The lowest BCUT2D eigenvalue weighted by molar-refractivity contribution is -0.347. The van der Waals surface area contributed by atoms with Gasteiger partial charge in [-0.3, -0.25) is 32.9 Å². The van der Waals surface area contributed by atoms with E-state index in [0.717, 1.165) is 67.5 Å². The predicted octanol–water partition coefficient (Wildman–Crippen LogP) is 0.672. The number of phosphoric ester groups is 3. The van der Waals surface area contributed by atoms with Crippen LogP contribution in [0.25, 0.3) is 11.2 Å². The van der Waals surface area contributed by atoms with Gasteiger partial charge in [0, 0.05) is 43.5 Å². The number of amides is 2. The van der Waals surface area contributed by atoms with Crippen molar-refractivity contribution in [2.45, 2.75) is 136 Å². The number of aliphatic hydroxyl groups is 3. The van der Waals surface area contributed by atoms with E-state index in [1.807, 2.05) is 6.08 Å². The first kappa shape index (κ1) is 59.6. The number of aliphatic hydroxyl groups excluding tert-OH is 3. The smallest absolute Gasteiger partial charge is 0.274 e. The third-order valence-electron chi connectivity index (χ3n) is 16.4. The van der Waals surface area contributed by atoms with Crippen LogP contribution in [0.3, 0.4) is 0 Å². The van der Waals surface area contributed by atoms with E-state index < -0.39 is 90.7 Å². The van der Waals surface area contributed by atoms with Gasteiger partial charge in [-0.15, -0.1) is 0 Å². The van der Waals surface area contributed by atoms with Crippen LogP contribution in [-0.4, -0.2) is 120 Å². The number of ketones is 1. The van der Waals surface area contributed by atoms with Gasteiger partial charge in [0.1, 0.15) is 36.3 Å². The average molecular weight is 1130 g/mol. The molecule has 5 aliphatic rings. The molecule has 75 heavy (non-hydrogen) atoms. The summed E-state index contributed by atoms with van der Waals surface area (Å²) in [6.45, 7) is 6.78. The van der Waals surface area contributed by atoms with Crippen molar-refractivity contribution in [3.63, 3.8) is 0 Å². The number of hydrogen-bond donors (Lipinski definition) is 6. The summed E-state index contributed by atoms with van der Waals surface area (Å²) < 4.78 is 61.1. The number of fused-ring (bicyclic) bond motifs is 6. The Balaban J connectivity index is 0.782. The van der Waals surface area contributed by atoms with Gasteiger partial charge in [0.15, 0.2) is 28.6 Å². The van der Waals surface area contributed by atoms with Gasteiger partial charge >= 0.3 is 0 Å². The molecule has 3 heterocycles. The van der Waals surface area contributed by atoms with E-state index in [4.69, 9.17) is 10.5 Å². The van der Waals surface area contributed by atoms with Gasteiger partial charge in [-0.2, -0.15) is 0 Å². The van der Waals surface area contributed by atoms with Crippen molar-refractivity contribution in [1.82, 2.24) is 30.2 Å². The molecule has 0 aromatic carbocycles. The largest absolute Gasteiger partial charge is 0.790 e. The highest BCUT2D eigenvalue weighted by molar-refractivity contribution is 8.13. The molecule has 2 amide bonds. The monoisotopic (exact) mass is 1130 g/mol. The number of carbonyl (C=O) groups excluding carboxylic acids is 4. The number of allylic oxidation sites excluding steroid dienone is 1. The zero-order chi connectivity index (χ0) is 55.1. The number of hydrogen-bond acceptors (Lipinski definition) is 24. The SMILES string of the molecule is C[C@H](CCC(=O)SCCNC(=O)CCNC(=O)[C@H](O)C(C)(C)COP(=O)([O-])OP(=O)([O-])OC[C@H]1O[C@@H](n2cnc3c(N)ncnc32)[C@H](O)[C@@H]1OP(=O)([O-])[O-])[C@H]1CC[C@H]2[C@@H]3CCC4=CC(=O)CC[C@]4(C)[C@H]3C[C@H](O)[C@]12C. The van der Waals surface area contributed by atoms with Crippen LogP contribution < -0.4 is 35.9 Å². The van der Waals surface area contributed by atoms with Crippen LogP contribution in [0.4, 0.5) is 5.82 Å². The number of nitrogens with one attached hydrogen (secondary N) is 2. The fourth-order valence-corrected chi connectivity index (χ4v) is 15.8. The number of anilines is 1. The zero-order valence-electron chi connectivity index (χ0n) is 42.2. The number of phosphoric acid groups is 3. The van der Waals surface area contributed by atoms with E-state index >= 15 is 0 Å². The van der Waals surface area contributed by atoms with Crippen LogP contribution in [0.5, 0.6) is 0 Å². The lowest BCUT2D eigenvalue weighted by Gasteiger charge is -2.60. The van der Waals surface area contributed by atoms with E-state index in [2.05, 4.69) is 64.2 Å². The maximum Gasteiger partial charge on any atom is 0.274 e. The molecule has 0 radical (unpaired) electrons. The van der Waals surface area contributed by atoms with Crippen molar-refractivity contribution in [3.8, 4) is 0 Å². The number of aromatic nitrogens is 4. The van der Waals surface area contributed by atoms with E-state index in [9.17, 15) is 67.8 Å². The van der Waals surface area contributed by atoms with Crippen LogP contribution in [0.2, 0.25) is 0 Å². The molecule has 0 bridgehead atoms. The molecule has 0 spiro atoms. The summed E-state index contributed by atoms with van der Waals surface area (Å²) in [6.07, 6.45) is 0.989. The lowest BCUT2D eigenvalue weighted by Crippen LogP contribution is -2.56. The first-order valence-corrected chi connectivity index (χ1v) is 30.2. The molecule has 7 rings (SSSR count). The Kier molecular flexibility index (Phi) is 18.5. The van der Waals surface area contributed by atoms with Gasteiger partial charge in [0.25, 0.3) is 15.6 Å². The Morgan fingerprint density at radius 1 is 1.00 bits per heavy atom. The van der Waals surface area contributed by atoms with Gasteiger partial charge in [-0.05, 0) is 91.4 Å². The van der Waals surface area contributed by atoms with Crippen molar-refractivity contribution in [1.29, 1.82) is 0 Å². The molecule has 2 aromatic heterocycles. The second-order valence-electron chi connectivity index (χ2n) is 21.5. The molecular formula is C45H66N7O19P3S-4. The topological polar surface area (TPSA) is 412 Å². The number of nitrogen functional groups attached to an aromatic ring is 1. The minimum absolute atomic E-state index is 0.00736. The van der Waals surface area contributed by atoms with E-state index in [1.54, 1.807) is 0 Å². The van der Waals surface area contributed by atoms with Gasteiger partial charge < -0.3 is 74.1 Å². The Labute approximate surface area is 437 Å². The second kappa shape index (κ2) is 23.3. The molecule has 4 aliphatic carbocycles. The third kappa shape index (κ3) is 13.5. The Morgan fingerprint density at radius 2 is 1.72 bits per heavy atom. The average Bonchev–Trinajstić information content (AvgIpc) is 4.01. The molecule has 4 fully saturated rings. The molecule has 15 atom stereocenters. The fourth-order valence-electron chi connectivity index (χ4n) is 12.4. The maximum atomic E-state index is 12.9. The van der Waals surface area contributed by atoms with Crippen molar-refractivity contribution in [2.24, 2.45) is 45.8 Å². The van der Waals surface area contributed by atoms with Gasteiger partial charge in [-0.1, -0.05) is 52.0 Å². The van der Waals surface area contributed by atoms with Gasteiger partial charge in [0.2, 0.25) is 11.8 Å². The predicted molar refractivity (Wildman–Crippen MR) is 258 cm³/mol. The van der Waals surface area contributed by atoms with Crippen molar-refractivity contribution in [3.05, 3.63) is 24.3 Å². The first-order chi connectivity index (χ1) is 35.0. The quantitative estimate of drug-likeness (QED) is 0.0658. The highest BCUT2D eigenvalue weighted by Gasteiger charge is 2.63. The molecule has 30 heteroatoms. The summed E-state index contributed by atoms with van der Waals surface area (Å²) in [4.78, 5) is 110. The normalized spacial score (nSPS) is 32.3. The van der Waals surface area contributed by atoms with Crippen LogP contribution in [0, 0.1) is 45.8 Å². The molecule has 2 aromatic rings. The number of imidazole rings is 1.